The average molecular weight is 257 g/mol. The summed E-state index contributed by atoms with van der Waals surface area (Å²) < 4.78 is 4.63. The first-order valence-electron chi connectivity index (χ1n) is 4.41. The first-order valence-corrected chi connectivity index (χ1v) is 6.55. The molecule has 0 aliphatic carbocycles. The molecule has 2 rings (SSSR count). The third-order valence-electron chi connectivity index (χ3n) is 1.83. The second kappa shape index (κ2) is 4.96. The number of aryl methyl sites for hydroxylation is 1. The van der Waals surface area contributed by atoms with Gasteiger partial charge in [-0.05, 0) is 42.2 Å². The fourth-order valence-corrected chi connectivity index (χ4v) is 2.54. The van der Waals surface area contributed by atoms with Crippen LogP contribution in [0, 0.1) is 6.92 Å². The second-order valence-corrected chi connectivity index (χ2v) is 5.45. The van der Waals surface area contributed by atoms with Crippen molar-refractivity contribution in [3.8, 4) is 0 Å². The lowest BCUT2D eigenvalue weighted by molar-refractivity contribution is 1.14. The third-order valence-corrected chi connectivity index (χ3v) is 3.68. The molecule has 0 saturated heterocycles. The quantitative estimate of drug-likeness (QED) is 0.782. The van der Waals surface area contributed by atoms with Gasteiger partial charge in [0.25, 0.3) is 0 Å². The van der Waals surface area contributed by atoms with Gasteiger partial charge < -0.3 is 0 Å². The Labute approximate surface area is 102 Å². The van der Waals surface area contributed by atoms with Gasteiger partial charge in [-0.25, -0.2) is 4.98 Å². The number of halogens is 1. The van der Waals surface area contributed by atoms with Crippen molar-refractivity contribution in [3.63, 3.8) is 0 Å². The van der Waals surface area contributed by atoms with Crippen LogP contribution in [0.1, 0.15) is 11.4 Å². The van der Waals surface area contributed by atoms with Crippen LogP contribution in [0.2, 0.25) is 4.47 Å². The Morgan fingerprint density at radius 3 is 2.67 bits per heavy atom. The topological polar surface area (TPSA) is 25.8 Å². The summed E-state index contributed by atoms with van der Waals surface area (Å²) >= 11 is 8.65. The molecule has 0 unspecified atom stereocenters. The van der Waals surface area contributed by atoms with Crippen LogP contribution in [0.4, 0.5) is 0 Å². The fraction of sp³-hybridized carbons (Fsp3) is 0.200. The maximum Gasteiger partial charge on any atom is 0.203 e. The zero-order valence-electron chi connectivity index (χ0n) is 8.11. The number of benzene rings is 1. The lowest BCUT2D eigenvalue weighted by Gasteiger charge is -1.98. The van der Waals surface area contributed by atoms with Gasteiger partial charge in [0.1, 0.15) is 0 Å². The van der Waals surface area contributed by atoms with Crippen LogP contribution < -0.4 is 0 Å². The number of thioether (sulfide) groups is 1. The zero-order valence-corrected chi connectivity index (χ0v) is 10.5. The highest BCUT2D eigenvalue weighted by Crippen LogP contribution is 2.23. The van der Waals surface area contributed by atoms with Crippen molar-refractivity contribution in [1.29, 1.82) is 0 Å². The minimum atomic E-state index is 0.509. The van der Waals surface area contributed by atoms with Gasteiger partial charge in [-0.1, -0.05) is 17.7 Å². The van der Waals surface area contributed by atoms with Crippen LogP contribution in [0.25, 0.3) is 0 Å². The Kier molecular flexibility index (Phi) is 3.61. The lowest BCUT2D eigenvalue weighted by Crippen LogP contribution is -1.83. The van der Waals surface area contributed by atoms with E-state index in [0.29, 0.717) is 4.47 Å². The molecule has 0 aliphatic heterocycles. The van der Waals surface area contributed by atoms with Crippen molar-refractivity contribution in [3.05, 3.63) is 40.1 Å². The van der Waals surface area contributed by atoms with Crippen molar-refractivity contribution < 1.29 is 0 Å². The molecular weight excluding hydrogens is 248 g/mol. The van der Waals surface area contributed by atoms with Crippen LogP contribution >= 0.6 is 34.9 Å². The molecular formula is C10H9ClN2S2. The van der Waals surface area contributed by atoms with E-state index in [1.54, 1.807) is 11.8 Å². The average Bonchev–Trinajstić information content (AvgIpc) is 2.64. The summed E-state index contributed by atoms with van der Waals surface area (Å²) in [7, 11) is 0. The molecule has 0 fully saturated rings. The zero-order chi connectivity index (χ0) is 10.7. The number of hydrogen-bond donors (Lipinski definition) is 0. The number of aromatic nitrogens is 2. The molecule has 2 aromatic rings. The van der Waals surface area contributed by atoms with Gasteiger partial charge in [-0.3, -0.25) is 0 Å². The monoisotopic (exact) mass is 256 g/mol. The van der Waals surface area contributed by atoms with Gasteiger partial charge in [0.2, 0.25) is 4.47 Å². The first-order chi connectivity index (χ1) is 7.24. The molecule has 2 nitrogen and oxygen atoms in total. The van der Waals surface area contributed by atoms with Crippen LogP contribution in [-0.2, 0) is 5.75 Å². The highest BCUT2D eigenvalue weighted by atomic mass is 35.5. The van der Waals surface area contributed by atoms with E-state index in [2.05, 4.69) is 40.5 Å². The molecule has 1 aromatic carbocycles. The maximum absolute atomic E-state index is 5.70. The van der Waals surface area contributed by atoms with Crippen molar-refractivity contribution >= 4 is 34.9 Å². The minimum Gasteiger partial charge on any atom is -0.207 e. The summed E-state index contributed by atoms with van der Waals surface area (Å²) in [6.07, 6.45) is 0. The van der Waals surface area contributed by atoms with Gasteiger partial charge >= 0.3 is 0 Å². The van der Waals surface area contributed by atoms with Crippen molar-refractivity contribution in [2.75, 3.05) is 0 Å². The second-order valence-electron chi connectivity index (χ2n) is 3.07. The molecule has 15 heavy (non-hydrogen) atoms. The predicted molar refractivity (Wildman–Crippen MR) is 65.7 cm³/mol. The molecule has 1 heterocycles. The van der Waals surface area contributed by atoms with E-state index in [1.165, 1.54) is 22.0 Å². The fourth-order valence-electron chi connectivity index (χ4n) is 1.07. The third kappa shape index (κ3) is 3.19. The predicted octanol–water partition coefficient (Wildman–Crippen LogP) is 3.79. The number of hydrogen-bond acceptors (Lipinski definition) is 4. The molecule has 0 radical (unpaired) electrons. The number of nitrogens with zero attached hydrogens (tertiary/aromatic N) is 2. The first kappa shape index (κ1) is 10.9. The summed E-state index contributed by atoms with van der Waals surface area (Å²) in [5.74, 6) is 1.57. The summed E-state index contributed by atoms with van der Waals surface area (Å²) in [4.78, 5) is 5.32. The van der Waals surface area contributed by atoms with E-state index in [-0.39, 0.29) is 0 Å². The van der Waals surface area contributed by atoms with Crippen molar-refractivity contribution in [1.82, 2.24) is 9.36 Å². The largest absolute Gasteiger partial charge is 0.207 e. The molecule has 0 atom stereocenters. The molecule has 0 N–H and O–H groups in total. The van der Waals surface area contributed by atoms with Crippen molar-refractivity contribution in [2.24, 2.45) is 0 Å². The SMILES string of the molecule is Cc1ccc(SCc2nsc(Cl)n2)cc1. The Morgan fingerprint density at radius 1 is 1.33 bits per heavy atom. The van der Waals surface area contributed by atoms with E-state index in [4.69, 9.17) is 11.6 Å². The Morgan fingerprint density at radius 2 is 2.07 bits per heavy atom. The Bertz CT molecular complexity index is 439. The molecule has 78 valence electrons. The summed E-state index contributed by atoms with van der Waals surface area (Å²) in [6.45, 7) is 2.08. The Balaban J connectivity index is 1.96. The van der Waals surface area contributed by atoms with E-state index >= 15 is 0 Å². The van der Waals surface area contributed by atoms with Crippen LogP contribution in [0.5, 0.6) is 0 Å². The van der Waals surface area contributed by atoms with E-state index in [0.717, 1.165) is 11.6 Å². The highest BCUT2D eigenvalue weighted by Gasteiger charge is 2.02. The van der Waals surface area contributed by atoms with Crippen molar-refractivity contribution in [2.45, 2.75) is 17.6 Å². The molecule has 0 amide bonds. The summed E-state index contributed by atoms with van der Waals surface area (Å²) in [6, 6.07) is 8.41. The summed E-state index contributed by atoms with van der Waals surface area (Å²) in [5.41, 5.74) is 1.27. The van der Waals surface area contributed by atoms with E-state index < -0.39 is 0 Å². The molecule has 0 aliphatic rings. The lowest BCUT2D eigenvalue weighted by atomic mass is 10.2. The van der Waals surface area contributed by atoms with E-state index in [9.17, 15) is 0 Å². The van der Waals surface area contributed by atoms with E-state index in [1.807, 2.05) is 0 Å². The summed E-state index contributed by atoms with van der Waals surface area (Å²) in [5, 5.41) is 0. The van der Waals surface area contributed by atoms with Crippen LogP contribution in [0.15, 0.2) is 29.2 Å². The smallest absolute Gasteiger partial charge is 0.203 e. The molecule has 0 saturated carbocycles. The highest BCUT2D eigenvalue weighted by molar-refractivity contribution is 7.98. The van der Waals surface area contributed by atoms with Gasteiger partial charge in [0.05, 0.1) is 5.75 Å². The van der Waals surface area contributed by atoms with Gasteiger partial charge in [0.15, 0.2) is 5.82 Å². The number of rotatable bonds is 3. The van der Waals surface area contributed by atoms with Gasteiger partial charge in [-0.15, -0.1) is 11.8 Å². The van der Waals surface area contributed by atoms with Crippen LogP contribution in [-0.4, -0.2) is 9.36 Å². The van der Waals surface area contributed by atoms with Gasteiger partial charge in [0, 0.05) is 4.90 Å². The standard InChI is InChI=1S/C10H9ClN2S2/c1-7-2-4-8(5-3-7)14-6-9-12-10(11)15-13-9/h2-5H,6H2,1H3. The maximum atomic E-state index is 5.70. The Hall–Kier alpha value is -0.580. The molecule has 0 bridgehead atoms. The van der Waals surface area contributed by atoms with Gasteiger partial charge in [-0.2, -0.15) is 4.37 Å². The normalized spacial score (nSPS) is 10.5. The minimum absolute atomic E-state index is 0.509. The molecule has 5 heteroatoms. The molecule has 0 spiro atoms. The molecule has 1 aromatic heterocycles. The van der Waals surface area contributed by atoms with Crippen LogP contribution in [0.3, 0.4) is 0 Å².